The van der Waals surface area contributed by atoms with Gasteiger partial charge >= 0.3 is 5.69 Å². The number of nitrogens with zero attached hydrogens (tertiary/aromatic N) is 2. The van der Waals surface area contributed by atoms with E-state index in [9.17, 15) is 10.1 Å². The van der Waals surface area contributed by atoms with Gasteiger partial charge in [-0.1, -0.05) is 11.8 Å². The standard InChI is InChI=1S/C9H14N4O3S/c1-16-5-2-6-17-9-7(13(14)15)3-4-8(11-9)12-10/h3-4H,2,5-6,10H2,1H3,(H,11,12). The van der Waals surface area contributed by atoms with E-state index in [0.29, 0.717) is 23.2 Å². The van der Waals surface area contributed by atoms with Crippen LogP contribution in [-0.4, -0.2) is 29.4 Å². The van der Waals surface area contributed by atoms with Crippen molar-refractivity contribution in [3.05, 3.63) is 22.2 Å². The van der Waals surface area contributed by atoms with Crippen LogP contribution >= 0.6 is 11.8 Å². The van der Waals surface area contributed by atoms with Crippen LogP contribution in [0, 0.1) is 10.1 Å². The normalized spacial score (nSPS) is 10.2. The van der Waals surface area contributed by atoms with Crippen LogP contribution in [0.1, 0.15) is 6.42 Å². The van der Waals surface area contributed by atoms with E-state index in [-0.39, 0.29) is 5.69 Å². The Morgan fingerprint density at radius 3 is 3.00 bits per heavy atom. The number of thioether (sulfide) groups is 1. The number of methoxy groups -OCH3 is 1. The molecule has 0 atom stereocenters. The van der Waals surface area contributed by atoms with Gasteiger partial charge in [0.25, 0.3) is 0 Å². The first-order valence-corrected chi connectivity index (χ1v) is 5.91. The molecule has 7 nitrogen and oxygen atoms in total. The summed E-state index contributed by atoms with van der Waals surface area (Å²) in [5.74, 6) is 6.32. The molecule has 1 aromatic heterocycles. The molecule has 0 spiro atoms. The van der Waals surface area contributed by atoms with Gasteiger partial charge in [0.15, 0.2) is 5.03 Å². The number of nitrogen functional groups attached to an aromatic ring is 1. The number of rotatable bonds is 7. The molecule has 0 aliphatic rings. The Bertz CT molecular complexity index is 389. The number of pyridine rings is 1. The summed E-state index contributed by atoms with van der Waals surface area (Å²) in [4.78, 5) is 14.4. The number of ether oxygens (including phenoxy) is 1. The topological polar surface area (TPSA) is 103 Å². The molecule has 0 saturated carbocycles. The Morgan fingerprint density at radius 2 is 2.41 bits per heavy atom. The molecular formula is C9H14N4O3S. The summed E-state index contributed by atoms with van der Waals surface area (Å²) in [6, 6.07) is 2.86. The van der Waals surface area contributed by atoms with Crippen molar-refractivity contribution < 1.29 is 9.66 Å². The average Bonchev–Trinajstić information content (AvgIpc) is 2.34. The largest absolute Gasteiger partial charge is 0.385 e. The zero-order valence-corrected chi connectivity index (χ0v) is 10.2. The lowest BCUT2D eigenvalue weighted by Gasteiger charge is -2.04. The molecule has 0 unspecified atom stereocenters. The van der Waals surface area contributed by atoms with Crippen LogP contribution in [0.3, 0.4) is 0 Å². The first kappa shape index (κ1) is 13.7. The zero-order valence-electron chi connectivity index (χ0n) is 9.38. The molecule has 0 aromatic carbocycles. The van der Waals surface area contributed by atoms with Gasteiger partial charge in [-0.2, -0.15) is 0 Å². The van der Waals surface area contributed by atoms with Crippen LogP contribution in [0.2, 0.25) is 0 Å². The van der Waals surface area contributed by atoms with Gasteiger partial charge in [-0.15, -0.1) is 0 Å². The molecule has 0 aliphatic carbocycles. The van der Waals surface area contributed by atoms with Gasteiger partial charge < -0.3 is 10.2 Å². The van der Waals surface area contributed by atoms with E-state index in [4.69, 9.17) is 10.6 Å². The van der Waals surface area contributed by atoms with Gasteiger partial charge in [-0.05, 0) is 12.5 Å². The second-order valence-electron chi connectivity index (χ2n) is 3.12. The number of hydrogen-bond donors (Lipinski definition) is 2. The number of nitrogens with two attached hydrogens (primary N) is 1. The fourth-order valence-electron chi connectivity index (χ4n) is 1.13. The van der Waals surface area contributed by atoms with Crippen LogP contribution in [0.25, 0.3) is 0 Å². The van der Waals surface area contributed by atoms with Gasteiger partial charge in [-0.25, -0.2) is 10.8 Å². The minimum atomic E-state index is -0.452. The third kappa shape index (κ3) is 4.17. The molecule has 0 bridgehead atoms. The molecule has 17 heavy (non-hydrogen) atoms. The number of hydrazine groups is 1. The van der Waals surface area contributed by atoms with Gasteiger partial charge in [0.05, 0.1) is 4.92 Å². The van der Waals surface area contributed by atoms with E-state index in [1.807, 2.05) is 0 Å². The lowest BCUT2D eigenvalue weighted by atomic mass is 10.4. The maximum Gasteiger partial charge on any atom is 0.301 e. The summed E-state index contributed by atoms with van der Waals surface area (Å²) >= 11 is 1.32. The Hall–Kier alpha value is -1.38. The van der Waals surface area contributed by atoms with Crippen molar-refractivity contribution in [2.45, 2.75) is 11.4 Å². The smallest absolute Gasteiger partial charge is 0.301 e. The Kier molecular flexibility index (Phi) is 5.67. The molecule has 94 valence electrons. The summed E-state index contributed by atoms with van der Waals surface area (Å²) in [6.45, 7) is 0.621. The highest BCUT2D eigenvalue weighted by Gasteiger charge is 2.15. The number of anilines is 1. The minimum absolute atomic E-state index is 0.00795. The molecule has 3 N–H and O–H groups in total. The van der Waals surface area contributed by atoms with E-state index in [1.165, 1.54) is 23.9 Å². The second kappa shape index (κ2) is 7.05. The molecule has 0 saturated heterocycles. The summed E-state index contributed by atoms with van der Waals surface area (Å²) in [6.07, 6.45) is 0.806. The molecule has 1 aromatic rings. The van der Waals surface area contributed by atoms with Crippen LogP contribution in [0.15, 0.2) is 17.2 Å². The average molecular weight is 258 g/mol. The van der Waals surface area contributed by atoms with E-state index < -0.39 is 4.92 Å². The molecule has 0 amide bonds. The maximum absolute atomic E-state index is 10.8. The first-order valence-electron chi connectivity index (χ1n) is 4.93. The SMILES string of the molecule is COCCCSc1nc(NN)ccc1[N+](=O)[O-]. The molecule has 0 fully saturated rings. The summed E-state index contributed by atoms with van der Waals surface area (Å²) in [5.41, 5.74) is 2.36. The van der Waals surface area contributed by atoms with Crippen LogP contribution < -0.4 is 11.3 Å². The zero-order chi connectivity index (χ0) is 12.7. The van der Waals surface area contributed by atoms with Crippen LogP contribution in [0.5, 0.6) is 0 Å². The predicted molar refractivity (Wildman–Crippen MR) is 65.9 cm³/mol. The maximum atomic E-state index is 10.8. The monoisotopic (exact) mass is 258 g/mol. The Morgan fingerprint density at radius 1 is 1.65 bits per heavy atom. The fraction of sp³-hybridized carbons (Fsp3) is 0.444. The van der Waals surface area contributed by atoms with Crippen molar-refractivity contribution in [3.8, 4) is 0 Å². The van der Waals surface area contributed by atoms with Crippen LogP contribution in [-0.2, 0) is 4.74 Å². The minimum Gasteiger partial charge on any atom is -0.385 e. The summed E-state index contributed by atoms with van der Waals surface area (Å²) in [5, 5.41) is 11.1. The summed E-state index contributed by atoms with van der Waals surface area (Å²) in [7, 11) is 1.62. The predicted octanol–water partition coefficient (Wildman–Crippen LogP) is 1.40. The van der Waals surface area contributed by atoms with Crippen molar-refractivity contribution in [1.82, 2.24) is 4.98 Å². The van der Waals surface area contributed by atoms with E-state index >= 15 is 0 Å². The number of nitrogens with one attached hydrogen (secondary N) is 1. The summed E-state index contributed by atoms with van der Waals surface area (Å²) < 4.78 is 4.90. The van der Waals surface area contributed by atoms with Crippen LogP contribution in [0.4, 0.5) is 11.5 Å². The van der Waals surface area contributed by atoms with Crippen molar-refractivity contribution >= 4 is 23.3 Å². The number of nitro groups is 1. The van der Waals surface area contributed by atoms with Crippen molar-refractivity contribution in [1.29, 1.82) is 0 Å². The third-order valence-corrected chi connectivity index (χ3v) is 2.98. The van der Waals surface area contributed by atoms with Gasteiger partial charge in [0, 0.05) is 25.5 Å². The molecule has 0 aliphatic heterocycles. The van der Waals surface area contributed by atoms with E-state index in [0.717, 1.165) is 6.42 Å². The van der Waals surface area contributed by atoms with E-state index in [2.05, 4.69) is 10.4 Å². The Labute approximate surface area is 103 Å². The molecular weight excluding hydrogens is 244 g/mol. The highest BCUT2D eigenvalue weighted by Crippen LogP contribution is 2.28. The first-order chi connectivity index (χ1) is 8.19. The van der Waals surface area contributed by atoms with Crippen molar-refractivity contribution in [2.24, 2.45) is 5.84 Å². The highest BCUT2D eigenvalue weighted by atomic mass is 32.2. The molecule has 1 heterocycles. The molecule has 1 rings (SSSR count). The lowest BCUT2D eigenvalue weighted by molar-refractivity contribution is -0.388. The Balaban J connectivity index is 2.75. The van der Waals surface area contributed by atoms with Gasteiger partial charge in [0.2, 0.25) is 0 Å². The van der Waals surface area contributed by atoms with Crippen molar-refractivity contribution in [3.63, 3.8) is 0 Å². The van der Waals surface area contributed by atoms with Gasteiger partial charge in [-0.3, -0.25) is 10.1 Å². The molecule has 8 heteroatoms. The van der Waals surface area contributed by atoms with E-state index in [1.54, 1.807) is 7.11 Å². The second-order valence-corrected chi connectivity index (χ2v) is 4.20. The number of aromatic nitrogens is 1. The number of hydrogen-bond acceptors (Lipinski definition) is 7. The molecule has 0 radical (unpaired) electrons. The highest BCUT2D eigenvalue weighted by molar-refractivity contribution is 7.99. The quantitative estimate of drug-likeness (QED) is 0.250. The lowest BCUT2D eigenvalue weighted by Crippen LogP contribution is -2.09. The fourth-order valence-corrected chi connectivity index (χ4v) is 2.04. The third-order valence-electron chi connectivity index (χ3n) is 1.92. The van der Waals surface area contributed by atoms with Gasteiger partial charge in [0.1, 0.15) is 5.82 Å². The van der Waals surface area contributed by atoms with Crippen molar-refractivity contribution in [2.75, 3.05) is 24.9 Å².